The van der Waals surface area contributed by atoms with Crippen LogP contribution in [-0.4, -0.2) is 5.78 Å². The number of carbonyl (C=O) groups excluding carboxylic acids is 1. The Morgan fingerprint density at radius 3 is 1.18 bits per heavy atom. The molecule has 0 saturated heterocycles. The summed E-state index contributed by atoms with van der Waals surface area (Å²) in [5, 5.41) is 0. The second-order valence-corrected chi connectivity index (χ2v) is 9.61. The smallest absolute Gasteiger partial charge is 0.163 e. The number of ketones is 1. The molecule has 3 aliphatic rings. The number of hydrogen-bond acceptors (Lipinski definition) is 1. The van der Waals surface area contributed by atoms with E-state index in [4.69, 9.17) is 0 Å². The Morgan fingerprint density at radius 2 is 0.818 bits per heavy atom. The Morgan fingerprint density at radius 1 is 0.485 bits per heavy atom. The summed E-state index contributed by atoms with van der Waals surface area (Å²) in [5.74, 6) is 1.05. The Balaban J connectivity index is 1.67. The molecule has 1 heteroatoms. The lowest BCUT2D eigenvalue weighted by molar-refractivity contribution is -0.124. The molecule has 4 unspecified atom stereocenters. The first-order chi connectivity index (χ1) is 16.3. The van der Waals surface area contributed by atoms with Crippen molar-refractivity contribution >= 4 is 16.9 Å². The van der Waals surface area contributed by atoms with E-state index in [0.29, 0.717) is 17.6 Å². The van der Waals surface area contributed by atoms with Gasteiger partial charge in [-0.2, -0.15) is 0 Å². The third-order valence-corrected chi connectivity index (χ3v) is 8.24. The molecule has 0 spiro atoms. The van der Waals surface area contributed by atoms with Crippen molar-refractivity contribution in [2.24, 2.45) is 11.8 Å². The molecule has 33 heavy (non-hydrogen) atoms. The predicted molar refractivity (Wildman–Crippen MR) is 133 cm³/mol. The predicted octanol–water partition coefficient (Wildman–Crippen LogP) is 6.71. The summed E-state index contributed by atoms with van der Waals surface area (Å²) in [6.45, 7) is 0. The van der Waals surface area contributed by atoms with Crippen molar-refractivity contribution in [3.05, 3.63) is 144 Å². The minimum absolute atomic E-state index is 0.343. The van der Waals surface area contributed by atoms with Crippen LogP contribution in [0.1, 0.15) is 28.7 Å². The summed E-state index contributed by atoms with van der Waals surface area (Å²) < 4.78 is 0. The average Bonchev–Trinajstić information content (AvgIpc) is 3.63. The number of rotatable bonds is 4. The van der Waals surface area contributed by atoms with Crippen LogP contribution in [0.25, 0.3) is 11.1 Å². The van der Waals surface area contributed by atoms with Crippen molar-refractivity contribution in [2.45, 2.75) is 17.3 Å². The molecule has 0 radical (unpaired) electrons. The molecule has 2 saturated carbocycles. The van der Waals surface area contributed by atoms with Gasteiger partial charge in [-0.1, -0.05) is 121 Å². The second-order valence-electron chi connectivity index (χ2n) is 9.61. The molecule has 4 aromatic carbocycles. The maximum atomic E-state index is 15.0. The molecule has 158 valence electrons. The van der Waals surface area contributed by atoms with E-state index in [9.17, 15) is 4.79 Å². The first kappa shape index (κ1) is 18.8. The van der Waals surface area contributed by atoms with E-state index in [1.807, 2.05) is 12.1 Å². The van der Waals surface area contributed by atoms with Crippen molar-refractivity contribution in [2.75, 3.05) is 0 Å². The van der Waals surface area contributed by atoms with Crippen LogP contribution in [0.15, 0.2) is 121 Å². The number of carbonyl (C=O) groups is 1. The lowest BCUT2D eigenvalue weighted by Crippen LogP contribution is -2.40. The molecule has 0 amide bonds. The van der Waals surface area contributed by atoms with E-state index in [1.54, 1.807) is 0 Å². The normalized spacial score (nSPS) is 29.3. The van der Waals surface area contributed by atoms with Gasteiger partial charge in [0.15, 0.2) is 5.78 Å². The molecule has 0 aromatic heterocycles. The van der Waals surface area contributed by atoms with E-state index >= 15 is 0 Å². The fourth-order valence-electron chi connectivity index (χ4n) is 7.13. The molecule has 4 atom stereocenters. The third kappa shape index (κ3) is 2.20. The van der Waals surface area contributed by atoms with Crippen molar-refractivity contribution in [3.8, 4) is 0 Å². The number of Topliss-reactive ketones (excluding diaryl/α,β-unsaturated/α-hetero) is 1. The summed E-state index contributed by atoms with van der Waals surface area (Å²) in [4.78, 5) is 15.0. The zero-order chi connectivity index (χ0) is 22.0. The molecule has 7 rings (SSSR count). The molecule has 0 N–H and O–H groups in total. The first-order valence-electron chi connectivity index (χ1n) is 11.8. The molecule has 3 aliphatic carbocycles. The van der Waals surface area contributed by atoms with Gasteiger partial charge >= 0.3 is 0 Å². The first-order valence-corrected chi connectivity index (χ1v) is 11.8. The molecular formula is C32H24O. The van der Waals surface area contributed by atoms with Gasteiger partial charge in [0.05, 0.1) is 10.8 Å². The van der Waals surface area contributed by atoms with Gasteiger partial charge in [0.25, 0.3) is 0 Å². The summed E-state index contributed by atoms with van der Waals surface area (Å²) in [5.41, 5.74) is 5.84. The maximum Gasteiger partial charge on any atom is 0.163 e. The number of allylic oxidation sites excluding steroid dienone is 2. The summed E-state index contributed by atoms with van der Waals surface area (Å²) >= 11 is 0. The maximum absolute atomic E-state index is 15.0. The summed E-state index contributed by atoms with van der Waals surface area (Å²) in [6, 6.07) is 42.4. The highest BCUT2D eigenvalue weighted by Crippen LogP contribution is 2.80. The largest absolute Gasteiger partial charge is 0.297 e. The molecule has 0 aliphatic heterocycles. The van der Waals surface area contributed by atoms with Crippen LogP contribution in [-0.2, 0) is 15.6 Å². The molecule has 2 bridgehead atoms. The van der Waals surface area contributed by atoms with Gasteiger partial charge in [0.2, 0.25) is 0 Å². The minimum atomic E-state index is -0.603. The van der Waals surface area contributed by atoms with Crippen molar-refractivity contribution in [1.82, 2.24) is 0 Å². The molecule has 2 fully saturated rings. The lowest BCUT2D eigenvalue weighted by atomic mass is 9.68. The second kappa shape index (κ2) is 6.65. The van der Waals surface area contributed by atoms with Gasteiger partial charge in [-0.15, -0.1) is 0 Å². The Bertz CT molecular complexity index is 1280. The van der Waals surface area contributed by atoms with Crippen molar-refractivity contribution in [3.63, 3.8) is 0 Å². The van der Waals surface area contributed by atoms with Crippen LogP contribution in [0.2, 0.25) is 0 Å². The fourth-order valence-corrected chi connectivity index (χ4v) is 7.13. The fraction of sp³-hybridized carbons (Fsp3) is 0.156. The highest BCUT2D eigenvalue weighted by atomic mass is 16.1. The minimum Gasteiger partial charge on any atom is -0.297 e. The van der Waals surface area contributed by atoms with Gasteiger partial charge in [0, 0.05) is 0 Å². The number of benzene rings is 4. The highest BCUT2D eigenvalue weighted by Gasteiger charge is 2.82. The standard InChI is InChI=1S/C32H24O/c33-30-31(24-17-9-3-10-18-24)26-21-27(26)32(30,25-19-11-4-12-20-25)29(23-15-7-2-8-16-23)28(31)22-13-5-1-6-14-22/h1-20,26-27H,21H2. The van der Waals surface area contributed by atoms with Crippen LogP contribution in [0.3, 0.4) is 0 Å². The zero-order valence-electron chi connectivity index (χ0n) is 18.3. The van der Waals surface area contributed by atoms with Crippen molar-refractivity contribution in [1.29, 1.82) is 0 Å². The Labute approximate surface area is 194 Å². The third-order valence-electron chi connectivity index (χ3n) is 8.24. The number of fused-ring (bicyclic) bond motifs is 5. The van der Waals surface area contributed by atoms with Gasteiger partial charge in [-0.05, 0) is 51.7 Å². The molecule has 1 nitrogen and oxygen atoms in total. The summed E-state index contributed by atoms with van der Waals surface area (Å²) in [7, 11) is 0. The van der Waals surface area contributed by atoms with Gasteiger partial charge in [-0.3, -0.25) is 4.79 Å². The molecule has 0 heterocycles. The zero-order valence-corrected chi connectivity index (χ0v) is 18.3. The molecular weight excluding hydrogens is 400 g/mol. The highest BCUT2D eigenvalue weighted by molar-refractivity contribution is 6.30. The van der Waals surface area contributed by atoms with Gasteiger partial charge < -0.3 is 0 Å². The topological polar surface area (TPSA) is 17.1 Å². The monoisotopic (exact) mass is 424 g/mol. The molecule has 4 aromatic rings. The SMILES string of the molecule is O=C1C2(c3ccccc3)C(c3ccccc3)=C(c3ccccc3)C1(c1ccccc1)C1CC12. The Kier molecular flexibility index (Phi) is 3.79. The van der Waals surface area contributed by atoms with E-state index < -0.39 is 10.8 Å². The van der Waals surface area contributed by atoms with Crippen LogP contribution in [0.5, 0.6) is 0 Å². The van der Waals surface area contributed by atoms with Gasteiger partial charge in [-0.25, -0.2) is 0 Å². The van der Waals surface area contributed by atoms with E-state index in [-0.39, 0.29) is 0 Å². The van der Waals surface area contributed by atoms with E-state index in [0.717, 1.165) is 28.7 Å². The van der Waals surface area contributed by atoms with Crippen LogP contribution in [0, 0.1) is 11.8 Å². The van der Waals surface area contributed by atoms with Crippen molar-refractivity contribution < 1.29 is 4.79 Å². The summed E-state index contributed by atoms with van der Waals surface area (Å²) in [6.07, 6.45) is 1.09. The van der Waals surface area contributed by atoms with Gasteiger partial charge in [0.1, 0.15) is 0 Å². The average molecular weight is 425 g/mol. The lowest BCUT2D eigenvalue weighted by Gasteiger charge is -2.33. The van der Waals surface area contributed by atoms with Crippen LogP contribution < -0.4 is 0 Å². The van der Waals surface area contributed by atoms with E-state index in [2.05, 4.69) is 109 Å². The number of hydrogen-bond donors (Lipinski definition) is 0. The van der Waals surface area contributed by atoms with Crippen LogP contribution in [0.4, 0.5) is 0 Å². The van der Waals surface area contributed by atoms with Crippen LogP contribution >= 0.6 is 0 Å². The van der Waals surface area contributed by atoms with E-state index in [1.165, 1.54) is 11.1 Å². The Hall–Kier alpha value is -3.71. The quantitative estimate of drug-likeness (QED) is 0.356.